The van der Waals surface area contributed by atoms with Gasteiger partial charge < -0.3 is 10.2 Å². The van der Waals surface area contributed by atoms with Crippen molar-refractivity contribution in [2.75, 3.05) is 26.2 Å². The number of sulfonamides is 1. The molecule has 0 radical (unpaired) electrons. The lowest BCUT2D eigenvalue weighted by atomic mass is 9.93. The molecular formula is C21H29N3O4S. The number of hydrogen-bond donors (Lipinski definition) is 1. The van der Waals surface area contributed by atoms with E-state index in [9.17, 15) is 18.0 Å². The molecule has 2 aliphatic heterocycles. The molecule has 7 nitrogen and oxygen atoms in total. The van der Waals surface area contributed by atoms with Crippen molar-refractivity contribution in [1.82, 2.24) is 14.5 Å². The van der Waals surface area contributed by atoms with Crippen LogP contribution in [0, 0.1) is 11.8 Å². The van der Waals surface area contributed by atoms with Crippen LogP contribution in [0.1, 0.15) is 38.5 Å². The first-order chi connectivity index (χ1) is 13.9. The Morgan fingerprint density at radius 1 is 0.897 bits per heavy atom. The van der Waals surface area contributed by atoms with Crippen molar-refractivity contribution < 1.29 is 18.0 Å². The van der Waals surface area contributed by atoms with E-state index < -0.39 is 10.0 Å². The van der Waals surface area contributed by atoms with E-state index in [4.69, 9.17) is 0 Å². The first-order valence-corrected chi connectivity index (χ1v) is 12.0. The number of hydrogen-bond acceptors (Lipinski definition) is 4. The van der Waals surface area contributed by atoms with Gasteiger partial charge in [0.15, 0.2) is 0 Å². The Morgan fingerprint density at radius 3 is 2.31 bits per heavy atom. The fraction of sp³-hybridized carbons (Fsp3) is 0.619. The number of nitrogens with zero attached hydrogens (tertiary/aromatic N) is 2. The van der Waals surface area contributed by atoms with Crippen molar-refractivity contribution in [3.05, 3.63) is 30.3 Å². The Labute approximate surface area is 172 Å². The van der Waals surface area contributed by atoms with Crippen LogP contribution in [0.15, 0.2) is 35.2 Å². The summed E-state index contributed by atoms with van der Waals surface area (Å²) >= 11 is 0. The molecule has 1 aliphatic carbocycles. The molecule has 3 fully saturated rings. The third-order valence-electron chi connectivity index (χ3n) is 6.14. The fourth-order valence-corrected chi connectivity index (χ4v) is 5.84. The number of nitrogens with one attached hydrogen (secondary N) is 1. The molecule has 0 aromatic heterocycles. The third-order valence-corrected chi connectivity index (χ3v) is 8.02. The van der Waals surface area contributed by atoms with Crippen LogP contribution in [0.25, 0.3) is 0 Å². The van der Waals surface area contributed by atoms with Crippen molar-refractivity contribution in [2.45, 2.75) is 49.5 Å². The van der Waals surface area contributed by atoms with Gasteiger partial charge in [-0.2, -0.15) is 4.31 Å². The number of benzene rings is 1. The first kappa shape index (κ1) is 20.3. The van der Waals surface area contributed by atoms with Gasteiger partial charge in [-0.25, -0.2) is 8.42 Å². The summed E-state index contributed by atoms with van der Waals surface area (Å²) in [4.78, 5) is 27.6. The smallest absolute Gasteiger partial charge is 0.243 e. The Hall–Kier alpha value is -1.93. The quantitative estimate of drug-likeness (QED) is 0.786. The van der Waals surface area contributed by atoms with E-state index >= 15 is 0 Å². The van der Waals surface area contributed by atoms with Gasteiger partial charge in [0.05, 0.1) is 16.7 Å². The highest BCUT2D eigenvalue weighted by Crippen LogP contribution is 2.27. The molecule has 1 aromatic rings. The second-order valence-corrected chi connectivity index (χ2v) is 10.4. The van der Waals surface area contributed by atoms with Crippen LogP contribution >= 0.6 is 0 Å². The van der Waals surface area contributed by atoms with Crippen LogP contribution in [0.3, 0.4) is 0 Å². The van der Waals surface area contributed by atoms with Crippen LogP contribution in [0.2, 0.25) is 0 Å². The van der Waals surface area contributed by atoms with Gasteiger partial charge in [-0.15, -0.1) is 0 Å². The molecule has 1 N–H and O–H groups in total. The van der Waals surface area contributed by atoms with Crippen LogP contribution < -0.4 is 5.32 Å². The van der Waals surface area contributed by atoms with E-state index in [-0.39, 0.29) is 35.1 Å². The summed E-state index contributed by atoms with van der Waals surface area (Å²) in [6.07, 6.45) is 5.08. The molecule has 1 aromatic carbocycles. The Morgan fingerprint density at radius 2 is 1.59 bits per heavy atom. The maximum Gasteiger partial charge on any atom is 0.243 e. The molecule has 29 heavy (non-hydrogen) atoms. The van der Waals surface area contributed by atoms with Crippen molar-refractivity contribution >= 4 is 21.8 Å². The molecule has 2 heterocycles. The average molecular weight is 420 g/mol. The van der Waals surface area contributed by atoms with Crippen molar-refractivity contribution in [1.29, 1.82) is 0 Å². The van der Waals surface area contributed by atoms with Gasteiger partial charge in [0, 0.05) is 32.2 Å². The lowest BCUT2D eigenvalue weighted by Crippen LogP contribution is -2.51. The standard InChI is InChI=1S/C21H29N3O4S/c25-20(22-18-10-11-18)16-6-4-12-23(14-16)21(26)17-7-5-13-24(15-17)29(27,28)19-8-2-1-3-9-19/h1-3,8-9,16-18H,4-7,10-15H2,(H,22,25). The normalized spacial score (nSPS) is 26.1. The van der Waals surface area contributed by atoms with E-state index in [1.165, 1.54) is 4.31 Å². The van der Waals surface area contributed by atoms with Gasteiger partial charge in [0.1, 0.15) is 0 Å². The topological polar surface area (TPSA) is 86.8 Å². The predicted octanol–water partition coefficient (Wildman–Crippen LogP) is 1.60. The largest absolute Gasteiger partial charge is 0.353 e. The summed E-state index contributed by atoms with van der Waals surface area (Å²) in [6, 6.07) is 8.71. The molecule has 2 unspecified atom stereocenters. The van der Waals surface area contributed by atoms with E-state index in [1.807, 2.05) is 0 Å². The van der Waals surface area contributed by atoms with Gasteiger partial charge in [0.2, 0.25) is 21.8 Å². The second kappa shape index (κ2) is 8.44. The number of likely N-dealkylation sites (tertiary alicyclic amines) is 1. The summed E-state index contributed by atoms with van der Waals surface area (Å²) in [5.74, 6) is -0.447. The van der Waals surface area contributed by atoms with Crippen LogP contribution in [0.5, 0.6) is 0 Å². The third kappa shape index (κ3) is 4.64. The van der Waals surface area contributed by atoms with Crippen molar-refractivity contribution in [3.8, 4) is 0 Å². The summed E-state index contributed by atoms with van der Waals surface area (Å²) in [7, 11) is -3.59. The van der Waals surface area contributed by atoms with Crippen molar-refractivity contribution in [2.24, 2.45) is 11.8 Å². The SMILES string of the molecule is O=C(NC1CC1)C1CCCN(C(=O)C2CCCN(S(=O)(=O)c3ccccc3)C2)C1. The highest BCUT2D eigenvalue weighted by Gasteiger charge is 2.37. The zero-order valence-electron chi connectivity index (χ0n) is 16.6. The lowest BCUT2D eigenvalue weighted by molar-refractivity contribution is -0.140. The van der Waals surface area contributed by atoms with Gasteiger partial charge in [-0.05, 0) is 50.7 Å². The maximum absolute atomic E-state index is 13.1. The molecule has 0 bridgehead atoms. The molecule has 2 atom stereocenters. The minimum absolute atomic E-state index is 0.0121. The second-order valence-electron chi connectivity index (χ2n) is 8.42. The zero-order valence-corrected chi connectivity index (χ0v) is 17.4. The lowest BCUT2D eigenvalue weighted by Gasteiger charge is -2.37. The van der Waals surface area contributed by atoms with Crippen LogP contribution in [0.4, 0.5) is 0 Å². The summed E-state index contributed by atoms with van der Waals surface area (Å²) < 4.78 is 27.3. The molecular weight excluding hydrogens is 390 g/mol. The fourth-order valence-electron chi connectivity index (χ4n) is 4.30. The zero-order chi connectivity index (χ0) is 20.4. The molecule has 8 heteroatoms. The summed E-state index contributed by atoms with van der Waals surface area (Å²) in [5, 5.41) is 3.04. The minimum atomic E-state index is -3.59. The summed E-state index contributed by atoms with van der Waals surface area (Å²) in [6.45, 7) is 1.74. The van der Waals surface area contributed by atoms with Gasteiger partial charge in [0.25, 0.3) is 0 Å². The Balaban J connectivity index is 1.40. The summed E-state index contributed by atoms with van der Waals surface area (Å²) in [5.41, 5.74) is 0. The first-order valence-electron chi connectivity index (χ1n) is 10.6. The Kier molecular flexibility index (Phi) is 5.92. The van der Waals surface area contributed by atoms with Gasteiger partial charge in [-0.1, -0.05) is 18.2 Å². The molecule has 3 aliphatic rings. The number of rotatable bonds is 5. The van der Waals surface area contributed by atoms with Gasteiger partial charge >= 0.3 is 0 Å². The molecule has 0 spiro atoms. The number of carbonyl (C=O) groups excluding carboxylic acids is 2. The Bertz CT molecular complexity index is 854. The van der Waals surface area contributed by atoms with E-state index in [1.54, 1.807) is 35.2 Å². The monoisotopic (exact) mass is 419 g/mol. The maximum atomic E-state index is 13.1. The minimum Gasteiger partial charge on any atom is -0.353 e. The highest BCUT2D eigenvalue weighted by molar-refractivity contribution is 7.89. The van der Waals surface area contributed by atoms with Gasteiger partial charge in [-0.3, -0.25) is 9.59 Å². The molecule has 2 saturated heterocycles. The molecule has 4 rings (SSSR count). The van der Waals surface area contributed by atoms with E-state index in [2.05, 4.69) is 5.32 Å². The van der Waals surface area contributed by atoms with E-state index in [0.717, 1.165) is 25.7 Å². The highest BCUT2D eigenvalue weighted by atomic mass is 32.2. The molecule has 158 valence electrons. The van der Waals surface area contributed by atoms with Crippen LogP contribution in [-0.2, 0) is 19.6 Å². The number of amides is 2. The predicted molar refractivity (Wildman–Crippen MR) is 108 cm³/mol. The van der Waals surface area contributed by atoms with Crippen molar-refractivity contribution in [3.63, 3.8) is 0 Å². The van der Waals surface area contributed by atoms with Crippen LogP contribution in [-0.4, -0.2) is 61.7 Å². The molecule has 1 saturated carbocycles. The number of piperidine rings is 2. The molecule has 2 amide bonds. The number of carbonyl (C=O) groups is 2. The average Bonchev–Trinajstić information content (AvgIpc) is 3.58. The van der Waals surface area contributed by atoms with E-state index in [0.29, 0.717) is 38.5 Å².